The molecule has 4 nitrogen and oxygen atoms in total. The van der Waals surface area contributed by atoms with E-state index in [0.29, 0.717) is 18.2 Å². The Bertz CT molecular complexity index is 456. The number of aliphatic hydroxyl groups is 1. The molecular weight excluding hydrogens is 288 g/mol. The molecule has 130 valence electrons. The molecular formula is C19H32N2O2. The lowest BCUT2D eigenvalue weighted by Crippen LogP contribution is -2.45. The lowest BCUT2D eigenvalue weighted by molar-refractivity contribution is -0.0681. The van der Waals surface area contributed by atoms with Gasteiger partial charge in [-0.1, -0.05) is 24.3 Å². The molecule has 1 fully saturated rings. The zero-order chi connectivity index (χ0) is 16.7. The van der Waals surface area contributed by atoms with Crippen LogP contribution >= 0.6 is 0 Å². The number of aliphatic hydroxyl groups excluding tert-OH is 1. The Kier molecular flexibility index (Phi) is 7.50. The van der Waals surface area contributed by atoms with E-state index in [1.165, 1.54) is 18.4 Å². The van der Waals surface area contributed by atoms with Crippen LogP contribution in [0.25, 0.3) is 0 Å². The molecule has 0 bridgehead atoms. The third kappa shape index (κ3) is 6.22. The van der Waals surface area contributed by atoms with Gasteiger partial charge in [0.2, 0.25) is 0 Å². The third-order valence-corrected chi connectivity index (χ3v) is 4.48. The van der Waals surface area contributed by atoms with Crippen LogP contribution in [0, 0.1) is 0 Å². The summed E-state index contributed by atoms with van der Waals surface area (Å²) in [6, 6.07) is 8.49. The Morgan fingerprint density at radius 2 is 2.00 bits per heavy atom. The molecule has 1 heterocycles. The van der Waals surface area contributed by atoms with E-state index in [0.717, 1.165) is 31.7 Å². The molecule has 1 aliphatic rings. The van der Waals surface area contributed by atoms with E-state index in [2.05, 4.69) is 43.1 Å². The van der Waals surface area contributed by atoms with Gasteiger partial charge in [-0.25, -0.2) is 0 Å². The van der Waals surface area contributed by atoms with Gasteiger partial charge < -0.3 is 15.2 Å². The number of hydrogen-bond donors (Lipinski definition) is 2. The average molecular weight is 320 g/mol. The first-order valence-electron chi connectivity index (χ1n) is 8.89. The van der Waals surface area contributed by atoms with Crippen molar-refractivity contribution in [1.82, 2.24) is 10.2 Å². The van der Waals surface area contributed by atoms with Crippen LogP contribution in [0.5, 0.6) is 0 Å². The molecule has 4 heteroatoms. The Hall–Kier alpha value is -0.940. The predicted molar refractivity (Wildman–Crippen MR) is 94.5 cm³/mol. The van der Waals surface area contributed by atoms with Crippen molar-refractivity contribution in [1.29, 1.82) is 0 Å². The van der Waals surface area contributed by atoms with Crippen molar-refractivity contribution in [3.63, 3.8) is 0 Å². The lowest BCUT2D eigenvalue weighted by atomic mass is 10.1. The number of morpholine rings is 1. The molecule has 1 aromatic rings. The average Bonchev–Trinajstić information content (AvgIpc) is 2.53. The number of nitrogens with one attached hydrogen (secondary N) is 1. The second-order valence-electron chi connectivity index (χ2n) is 6.80. The number of ether oxygens (including phenoxy) is 1. The number of benzene rings is 1. The number of unbranched alkanes of at least 4 members (excludes halogenated alkanes) is 1. The predicted octanol–water partition coefficient (Wildman–Crippen LogP) is 2.72. The summed E-state index contributed by atoms with van der Waals surface area (Å²) in [5, 5.41) is 12.8. The molecule has 0 aromatic heterocycles. The summed E-state index contributed by atoms with van der Waals surface area (Å²) in [5.41, 5.74) is 2.22. The maximum Gasteiger partial charge on any atom is 0.0681 e. The minimum atomic E-state index is 0.108. The summed E-state index contributed by atoms with van der Waals surface area (Å²) >= 11 is 0. The highest BCUT2D eigenvalue weighted by atomic mass is 16.5. The van der Waals surface area contributed by atoms with Gasteiger partial charge in [-0.3, -0.25) is 4.90 Å². The number of nitrogens with zero attached hydrogens (tertiary/aromatic N) is 1. The summed E-state index contributed by atoms with van der Waals surface area (Å²) in [6.07, 6.45) is 3.12. The van der Waals surface area contributed by atoms with Crippen LogP contribution in [0.4, 0.5) is 0 Å². The monoisotopic (exact) mass is 320 g/mol. The largest absolute Gasteiger partial charge is 0.392 e. The third-order valence-electron chi connectivity index (χ3n) is 4.48. The Morgan fingerprint density at radius 3 is 2.70 bits per heavy atom. The normalized spacial score (nSPS) is 23.8. The van der Waals surface area contributed by atoms with Gasteiger partial charge in [-0.2, -0.15) is 0 Å². The lowest BCUT2D eigenvalue weighted by Gasteiger charge is -2.35. The highest BCUT2D eigenvalue weighted by molar-refractivity contribution is 5.25. The highest BCUT2D eigenvalue weighted by Crippen LogP contribution is 2.15. The fourth-order valence-electron chi connectivity index (χ4n) is 3.32. The minimum absolute atomic E-state index is 0.108. The summed E-state index contributed by atoms with van der Waals surface area (Å²) in [5.74, 6) is 0. The maximum atomic E-state index is 9.22. The van der Waals surface area contributed by atoms with Crippen molar-refractivity contribution >= 4 is 0 Å². The Labute approximate surface area is 140 Å². The molecule has 0 aliphatic carbocycles. The van der Waals surface area contributed by atoms with Crippen molar-refractivity contribution in [3.05, 3.63) is 35.4 Å². The van der Waals surface area contributed by atoms with Gasteiger partial charge in [0, 0.05) is 19.1 Å². The van der Waals surface area contributed by atoms with Gasteiger partial charge >= 0.3 is 0 Å². The van der Waals surface area contributed by atoms with Crippen molar-refractivity contribution in [2.24, 2.45) is 0 Å². The van der Waals surface area contributed by atoms with E-state index in [9.17, 15) is 5.11 Å². The second kappa shape index (κ2) is 9.38. The topological polar surface area (TPSA) is 44.7 Å². The Balaban J connectivity index is 1.63. The van der Waals surface area contributed by atoms with Crippen molar-refractivity contribution in [2.75, 3.05) is 26.2 Å². The summed E-state index contributed by atoms with van der Waals surface area (Å²) < 4.78 is 5.77. The molecule has 1 aliphatic heterocycles. The first-order valence-corrected chi connectivity index (χ1v) is 8.89. The van der Waals surface area contributed by atoms with Crippen LogP contribution in [0.15, 0.2) is 24.3 Å². The van der Waals surface area contributed by atoms with Crippen LogP contribution < -0.4 is 5.32 Å². The maximum absolute atomic E-state index is 9.22. The fraction of sp³-hybridized carbons (Fsp3) is 0.684. The molecule has 1 saturated heterocycles. The van der Waals surface area contributed by atoms with E-state index < -0.39 is 0 Å². The highest BCUT2D eigenvalue weighted by Gasteiger charge is 2.21. The van der Waals surface area contributed by atoms with Crippen molar-refractivity contribution < 1.29 is 9.84 Å². The molecule has 3 unspecified atom stereocenters. The zero-order valence-electron chi connectivity index (χ0n) is 14.8. The molecule has 0 spiro atoms. The first kappa shape index (κ1) is 18.4. The van der Waals surface area contributed by atoms with Crippen LogP contribution in [0.1, 0.15) is 50.8 Å². The fourth-order valence-corrected chi connectivity index (χ4v) is 3.32. The number of rotatable bonds is 8. The van der Waals surface area contributed by atoms with Gasteiger partial charge in [-0.15, -0.1) is 0 Å². The van der Waals surface area contributed by atoms with E-state index in [-0.39, 0.29) is 6.61 Å². The van der Waals surface area contributed by atoms with Crippen LogP contribution in [0.2, 0.25) is 0 Å². The van der Waals surface area contributed by atoms with E-state index in [4.69, 9.17) is 4.74 Å². The van der Waals surface area contributed by atoms with Crippen LogP contribution in [-0.4, -0.2) is 48.4 Å². The van der Waals surface area contributed by atoms with Gasteiger partial charge in [0.1, 0.15) is 0 Å². The van der Waals surface area contributed by atoms with E-state index in [1.807, 2.05) is 12.1 Å². The second-order valence-corrected chi connectivity index (χ2v) is 6.80. The smallest absolute Gasteiger partial charge is 0.0681 e. The van der Waals surface area contributed by atoms with Crippen LogP contribution in [-0.2, 0) is 11.3 Å². The molecule has 2 rings (SSSR count). The molecule has 0 amide bonds. The zero-order valence-corrected chi connectivity index (χ0v) is 14.8. The molecule has 0 radical (unpaired) electrons. The van der Waals surface area contributed by atoms with Crippen molar-refractivity contribution in [3.8, 4) is 0 Å². The Morgan fingerprint density at radius 1 is 1.26 bits per heavy atom. The summed E-state index contributed by atoms with van der Waals surface area (Å²) in [6.45, 7) is 10.9. The summed E-state index contributed by atoms with van der Waals surface area (Å²) in [4.78, 5) is 2.52. The van der Waals surface area contributed by atoms with E-state index >= 15 is 0 Å². The molecule has 0 saturated carbocycles. The van der Waals surface area contributed by atoms with Gasteiger partial charge in [0.15, 0.2) is 0 Å². The molecule has 2 N–H and O–H groups in total. The SMILES string of the molecule is CC1CN(CCCCNC(C)c2cccc(CO)c2)CC(C)O1. The van der Waals surface area contributed by atoms with E-state index in [1.54, 1.807) is 0 Å². The molecule has 3 atom stereocenters. The van der Waals surface area contributed by atoms with Gasteiger partial charge in [0.25, 0.3) is 0 Å². The molecule has 23 heavy (non-hydrogen) atoms. The van der Waals surface area contributed by atoms with Gasteiger partial charge in [-0.05, 0) is 57.8 Å². The standard InChI is InChI=1S/C19H32N2O2/c1-15-12-21(13-16(2)23-15)10-5-4-9-20-17(3)19-8-6-7-18(11-19)14-22/h6-8,11,15-17,20,22H,4-5,9-10,12-14H2,1-3H3. The number of hydrogen-bond acceptors (Lipinski definition) is 4. The quantitative estimate of drug-likeness (QED) is 0.723. The first-order chi connectivity index (χ1) is 11.1. The van der Waals surface area contributed by atoms with Crippen molar-refractivity contribution in [2.45, 2.75) is 58.5 Å². The minimum Gasteiger partial charge on any atom is -0.392 e. The van der Waals surface area contributed by atoms with Crippen LogP contribution in [0.3, 0.4) is 0 Å². The molecule has 1 aromatic carbocycles. The summed E-state index contributed by atoms with van der Waals surface area (Å²) in [7, 11) is 0. The van der Waals surface area contributed by atoms with Gasteiger partial charge in [0.05, 0.1) is 18.8 Å².